The number of nitrogen functional groups attached to an aromatic ring is 2. The van der Waals surface area contributed by atoms with Crippen molar-refractivity contribution < 1.29 is 9.90 Å². The van der Waals surface area contributed by atoms with Gasteiger partial charge in [0, 0.05) is 16.3 Å². The SMILES string of the molecule is Nc1ccc2c([nH]c3ccccc32)c1N.O=Cc1ccccc1O. The van der Waals surface area contributed by atoms with Crippen LogP contribution in [0.5, 0.6) is 5.75 Å². The number of benzene rings is 3. The molecule has 0 aliphatic heterocycles. The summed E-state index contributed by atoms with van der Waals surface area (Å²) in [5, 5.41) is 11.2. The molecule has 0 fully saturated rings. The molecule has 0 amide bonds. The summed E-state index contributed by atoms with van der Waals surface area (Å²) in [6, 6.07) is 18.4. The van der Waals surface area contributed by atoms with E-state index >= 15 is 0 Å². The fourth-order valence-corrected chi connectivity index (χ4v) is 2.54. The van der Waals surface area contributed by atoms with Gasteiger partial charge in [-0.2, -0.15) is 0 Å². The lowest BCUT2D eigenvalue weighted by Crippen LogP contribution is -1.94. The zero-order valence-corrected chi connectivity index (χ0v) is 12.9. The Bertz CT molecular complexity index is 1020. The number of carbonyl (C=O) groups excluding carboxylic acids is 1. The van der Waals surface area contributed by atoms with Gasteiger partial charge in [-0.25, -0.2) is 0 Å². The maximum Gasteiger partial charge on any atom is 0.153 e. The molecule has 0 saturated carbocycles. The molecular formula is C19H17N3O2. The Morgan fingerprint density at radius 1 is 0.875 bits per heavy atom. The van der Waals surface area contributed by atoms with Crippen LogP contribution in [0, 0.1) is 0 Å². The van der Waals surface area contributed by atoms with E-state index in [-0.39, 0.29) is 5.75 Å². The van der Waals surface area contributed by atoms with E-state index in [1.807, 2.05) is 30.3 Å². The highest BCUT2D eigenvalue weighted by atomic mass is 16.3. The second-order valence-corrected chi connectivity index (χ2v) is 5.34. The van der Waals surface area contributed by atoms with Gasteiger partial charge in [0.1, 0.15) is 5.75 Å². The van der Waals surface area contributed by atoms with Crippen molar-refractivity contribution in [1.82, 2.24) is 4.98 Å². The first-order valence-corrected chi connectivity index (χ1v) is 7.39. The second kappa shape index (κ2) is 6.34. The van der Waals surface area contributed by atoms with Gasteiger partial charge in [0.2, 0.25) is 0 Å². The van der Waals surface area contributed by atoms with Gasteiger partial charge in [0.25, 0.3) is 0 Å². The van der Waals surface area contributed by atoms with Crippen molar-refractivity contribution in [2.24, 2.45) is 0 Å². The number of hydrogen-bond acceptors (Lipinski definition) is 4. The second-order valence-electron chi connectivity index (χ2n) is 5.34. The maximum absolute atomic E-state index is 10.1. The fraction of sp³-hybridized carbons (Fsp3) is 0. The lowest BCUT2D eigenvalue weighted by molar-refractivity contribution is 0.112. The fourth-order valence-electron chi connectivity index (χ4n) is 2.54. The number of hydrogen-bond donors (Lipinski definition) is 4. The van der Waals surface area contributed by atoms with Crippen molar-refractivity contribution >= 4 is 39.5 Å². The van der Waals surface area contributed by atoms with E-state index in [9.17, 15) is 4.79 Å². The molecular weight excluding hydrogens is 302 g/mol. The summed E-state index contributed by atoms with van der Waals surface area (Å²) in [7, 11) is 0. The third-order valence-corrected chi connectivity index (χ3v) is 3.82. The standard InChI is InChI=1S/C12H11N3.C7H6O2/c13-9-6-5-8-7-3-1-2-4-10(7)15-12(8)11(9)14;8-5-6-3-1-2-4-7(6)9/h1-6,15H,13-14H2;1-5,9H. The Kier molecular flexibility index (Phi) is 4.07. The summed E-state index contributed by atoms with van der Waals surface area (Å²) in [5.41, 5.74) is 15.3. The molecule has 5 heteroatoms. The highest BCUT2D eigenvalue weighted by Crippen LogP contribution is 2.31. The van der Waals surface area contributed by atoms with Gasteiger partial charge in [-0.15, -0.1) is 0 Å². The number of nitrogens with one attached hydrogen (secondary N) is 1. The number of aromatic hydroxyl groups is 1. The summed E-state index contributed by atoms with van der Waals surface area (Å²) in [5.74, 6) is 0.0347. The molecule has 0 aliphatic carbocycles. The quantitative estimate of drug-likeness (QED) is 0.317. The predicted octanol–water partition coefficient (Wildman–Crippen LogP) is 3.69. The molecule has 4 aromatic rings. The van der Waals surface area contributed by atoms with Gasteiger partial charge in [-0.3, -0.25) is 4.79 Å². The van der Waals surface area contributed by atoms with Gasteiger partial charge in [0.05, 0.1) is 22.5 Å². The van der Waals surface area contributed by atoms with Crippen molar-refractivity contribution in [3.63, 3.8) is 0 Å². The number of aromatic amines is 1. The Morgan fingerprint density at radius 2 is 1.58 bits per heavy atom. The summed E-state index contributed by atoms with van der Waals surface area (Å²) in [6.07, 6.45) is 0.620. The van der Waals surface area contributed by atoms with Crippen LogP contribution in [0.25, 0.3) is 21.8 Å². The molecule has 0 bridgehead atoms. The summed E-state index contributed by atoms with van der Waals surface area (Å²) in [6.45, 7) is 0. The van der Waals surface area contributed by atoms with Gasteiger partial charge in [-0.05, 0) is 24.3 Å². The van der Waals surface area contributed by atoms with Gasteiger partial charge < -0.3 is 21.6 Å². The monoisotopic (exact) mass is 319 g/mol. The van der Waals surface area contributed by atoms with Crippen molar-refractivity contribution in [3.8, 4) is 5.75 Å². The number of phenols is 1. The number of aldehydes is 1. The first-order chi connectivity index (χ1) is 11.6. The van der Waals surface area contributed by atoms with Gasteiger partial charge in [-0.1, -0.05) is 36.4 Å². The average Bonchev–Trinajstić information content (AvgIpc) is 2.99. The third kappa shape index (κ3) is 2.75. The Hall–Kier alpha value is -3.47. The third-order valence-electron chi connectivity index (χ3n) is 3.82. The molecule has 0 spiro atoms. The summed E-state index contributed by atoms with van der Waals surface area (Å²) < 4.78 is 0. The van der Waals surface area contributed by atoms with Crippen LogP contribution in [-0.4, -0.2) is 16.4 Å². The highest BCUT2D eigenvalue weighted by Gasteiger charge is 2.07. The van der Waals surface area contributed by atoms with E-state index in [1.54, 1.807) is 18.2 Å². The number of para-hydroxylation sites is 2. The molecule has 1 heterocycles. The summed E-state index contributed by atoms with van der Waals surface area (Å²) in [4.78, 5) is 13.3. The van der Waals surface area contributed by atoms with Crippen molar-refractivity contribution in [3.05, 3.63) is 66.2 Å². The molecule has 24 heavy (non-hydrogen) atoms. The number of aromatic nitrogens is 1. The van der Waals surface area contributed by atoms with Crippen LogP contribution in [0.1, 0.15) is 10.4 Å². The Morgan fingerprint density at radius 3 is 2.29 bits per heavy atom. The van der Waals surface area contributed by atoms with Crippen LogP contribution in [0.2, 0.25) is 0 Å². The van der Waals surface area contributed by atoms with E-state index in [0.717, 1.165) is 16.4 Å². The molecule has 0 aliphatic rings. The molecule has 0 atom stereocenters. The zero-order chi connectivity index (χ0) is 17.1. The van der Waals surface area contributed by atoms with E-state index in [1.165, 1.54) is 11.5 Å². The Balaban J connectivity index is 0.000000162. The van der Waals surface area contributed by atoms with Crippen molar-refractivity contribution in [2.75, 3.05) is 11.5 Å². The zero-order valence-electron chi connectivity index (χ0n) is 12.9. The molecule has 120 valence electrons. The van der Waals surface area contributed by atoms with E-state index in [0.29, 0.717) is 23.2 Å². The summed E-state index contributed by atoms with van der Waals surface area (Å²) >= 11 is 0. The number of H-pyrrole nitrogens is 1. The van der Waals surface area contributed by atoms with Gasteiger partial charge in [0.15, 0.2) is 6.29 Å². The molecule has 3 aromatic carbocycles. The lowest BCUT2D eigenvalue weighted by atomic mass is 10.1. The van der Waals surface area contributed by atoms with Crippen LogP contribution in [0.15, 0.2) is 60.7 Å². The van der Waals surface area contributed by atoms with Crippen LogP contribution < -0.4 is 11.5 Å². The van der Waals surface area contributed by atoms with Gasteiger partial charge >= 0.3 is 0 Å². The number of rotatable bonds is 1. The normalized spacial score (nSPS) is 10.3. The maximum atomic E-state index is 10.1. The lowest BCUT2D eigenvalue weighted by Gasteiger charge is -2.00. The molecule has 4 rings (SSSR count). The number of nitrogens with two attached hydrogens (primary N) is 2. The van der Waals surface area contributed by atoms with Crippen LogP contribution in [0.4, 0.5) is 11.4 Å². The average molecular weight is 319 g/mol. The molecule has 6 N–H and O–H groups in total. The highest BCUT2D eigenvalue weighted by molar-refractivity contribution is 6.12. The molecule has 5 nitrogen and oxygen atoms in total. The molecule has 0 radical (unpaired) electrons. The van der Waals surface area contributed by atoms with Crippen molar-refractivity contribution in [2.45, 2.75) is 0 Å². The number of phenolic OH excluding ortho intramolecular Hbond substituents is 1. The minimum absolute atomic E-state index is 0.0347. The minimum atomic E-state index is 0.0347. The topological polar surface area (TPSA) is 105 Å². The molecule has 1 aromatic heterocycles. The molecule has 0 saturated heterocycles. The van der Waals surface area contributed by atoms with Crippen LogP contribution in [-0.2, 0) is 0 Å². The van der Waals surface area contributed by atoms with Crippen LogP contribution >= 0.6 is 0 Å². The van der Waals surface area contributed by atoms with E-state index in [4.69, 9.17) is 16.6 Å². The van der Waals surface area contributed by atoms with E-state index in [2.05, 4.69) is 11.1 Å². The Labute approximate surface area is 138 Å². The number of fused-ring (bicyclic) bond motifs is 3. The predicted molar refractivity (Wildman–Crippen MR) is 98.1 cm³/mol. The largest absolute Gasteiger partial charge is 0.507 e. The number of carbonyl (C=O) groups is 1. The van der Waals surface area contributed by atoms with Crippen LogP contribution in [0.3, 0.4) is 0 Å². The first-order valence-electron chi connectivity index (χ1n) is 7.39. The molecule has 0 unspecified atom stereocenters. The minimum Gasteiger partial charge on any atom is -0.507 e. The smallest absolute Gasteiger partial charge is 0.153 e. The van der Waals surface area contributed by atoms with E-state index < -0.39 is 0 Å². The first kappa shape index (κ1) is 15.4. The number of anilines is 2. The van der Waals surface area contributed by atoms with Crippen molar-refractivity contribution in [1.29, 1.82) is 0 Å².